The number of amides is 1. The molecule has 152 valence electrons. The summed E-state index contributed by atoms with van der Waals surface area (Å²) in [6.07, 6.45) is 0.150. The van der Waals surface area contributed by atoms with Crippen LogP contribution in [0.3, 0.4) is 0 Å². The molecule has 1 atom stereocenters. The first-order chi connectivity index (χ1) is 13.1. The second-order valence-electron chi connectivity index (χ2n) is 7.14. The molecule has 2 rings (SSSR count). The number of sulfone groups is 1. The van der Waals surface area contributed by atoms with Gasteiger partial charge in [0.05, 0.1) is 23.1 Å². The minimum Gasteiger partial charge on any atom is -0.372 e. The van der Waals surface area contributed by atoms with Crippen molar-refractivity contribution in [2.75, 3.05) is 13.7 Å². The van der Waals surface area contributed by atoms with E-state index in [1.54, 1.807) is 51.3 Å². The fourth-order valence-corrected chi connectivity index (χ4v) is 3.94. The molecule has 28 heavy (non-hydrogen) atoms. The van der Waals surface area contributed by atoms with Crippen molar-refractivity contribution in [1.82, 2.24) is 5.32 Å². The van der Waals surface area contributed by atoms with E-state index in [2.05, 4.69) is 5.32 Å². The summed E-state index contributed by atoms with van der Waals surface area (Å²) in [4.78, 5) is 12.6. The van der Waals surface area contributed by atoms with Gasteiger partial charge in [0.25, 0.3) is 0 Å². The summed E-state index contributed by atoms with van der Waals surface area (Å²) in [6.45, 7) is 5.44. The first-order valence-electron chi connectivity index (χ1n) is 8.99. The maximum atomic E-state index is 12.4. The molecule has 0 heterocycles. The van der Waals surface area contributed by atoms with Crippen molar-refractivity contribution < 1.29 is 17.9 Å². The second-order valence-corrected chi connectivity index (χ2v) is 10.1. The average molecular weight is 424 g/mol. The van der Waals surface area contributed by atoms with Crippen molar-refractivity contribution in [3.63, 3.8) is 0 Å². The number of nitrogens with one attached hydrogen (secondary N) is 1. The quantitative estimate of drug-likeness (QED) is 0.701. The molecule has 0 aliphatic heterocycles. The molecular weight excluding hydrogens is 398 g/mol. The lowest BCUT2D eigenvalue weighted by atomic mass is 9.95. The molecule has 0 aliphatic rings. The molecule has 0 bridgehead atoms. The molecule has 0 unspecified atom stereocenters. The topological polar surface area (TPSA) is 72.5 Å². The van der Waals surface area contributed by atoms with Crippen molar-refractivity contribution in [3.8, 4) is 0 Å². The van der Waals surface area contributed by atoms with Crippen LogP contribution in [-0.4, -0.2) is 33.2 Å². The number of methoxy groups -OCH3 is 1. The van der Waals surface area contributed by atoms with E-state index in [9.17, 15) is 13.2 Å². The van der Waals surface area contributed by atoms with Crippen molar-refractivity contribution in [1.29, 1.82) is 0 Å². The number of hydrogen-bond acceptors (Lipinski definition) is 4. The van der Waals surface area contributed by atoms with Crippen molar-refractivity contribution in [2.24, 2.45) is 0 Å². The summed E-state index contributed by atoms with van der Waals surface area (Å²) in [6, 6.07) is 13.8. The van der Waals surface area contributed by atoms with E-state index < -0.39 is 20.7 Å². The number of ether oxygens (including phenoxy) is 1. The highest BCUT2D eigenvalue weighted by molar-refractivity contribution is 7.92. The Morgan fingerprint density at radius 1 is 1.18 bits per heavy atom. The Balaban J connectivity index is 2.02. The Morgan fingerprint density at radius 2 is 1.82 bits per heavy atom. The third kappa shape index (κ3) is 5.34. The normalized spacial score (nSPS) is 13.9. The zero-order chi connectivity index (χ0) is 20.9. The smallest absolute Gasteiger partial charge is 0.224 e. The number of halogens is 1. The van der Waals surface area contributed by atoms with E-state index in [1.165, 1.54) is 0 Å². The molecule has 2 aromatic carbocycles. The summed E-state index contributed by atoms with van der Waals surface area (Å²) < 4.78 is 29.9. The Labute approximate surface area is 172 Å². The maximum absolute atomic E-state index is 12.4. The number of hydrogen-bond donors (Lipinski definition) is 1. The van der Waals surface area contributed by atoms with Crippen LogP contribution < -0.4 is 5.32 Å². The summed E-state index contributed by atoms with van der Waals surface area (Å²) >= 11 is 6.06. The van der Waals surface area contributed by atoms with Crippen LogP contribution in [0, 0.1) is 0 Å². The van der Waals surface area contributed by atoms with Crippen LogP contribution in [0.1, 0.15) is 31.9 Å². The Morgan fingerprint density at radius 3 is 2.36 bits per heavy atom. The van der Waals surface area contributed by atoms with Gasteiger partial charge in [-0.15, -0.1) is 0 Å². The zero-order valence-corrected chi connectivity index (χ0v) is 18.1. The molecule has 0 aromatic heterocycles. The number of benzene rings is 2. The molecule has 0 saturated carbocycles. The summed E-state index contributed by atoms with van der Waals surface area (Å²) in [5.41, 5.74) is 0.892. The van der Waals surface area contributed by atoms with E-state index in [-0.39, 0.29) is 23.8 Å². The summed E-state index contributed by atoms with van der Waals surface area (Å²) in [5.74, 6) is -0.176. The van der Waals surface area contributed by atoms with E-state index in [0.717, 1.165) is 11.1 Å². The first kappa shape index (κ1) is 22.4. The highest BCUT2D eigenvalue weighted by atomic mass is 35.5. The summed E-state index contributed by atoms with van der Waals surface area (Å²) in [5, 5.41) is 2.99. The second kappa shape index (κ2) is 9.07. The third-order valence-corrected chi connectivity index (χ3v) is 7.15. The van der Waals surface area contributed by atoms with Gasteiger partial charge in [-0.25, -0.2) is 8.42 Å². The molecule has 0 aliphatic carbocycles. The van der Waals surface area contributed by atoms with Crippen LogP contribution in [0.15, 0.2) is 53.4 Å². The molecule has 1 N–H and O–H groups in total. The minimum atomic E-state index is -3.32. The first-order valence-corrected chi connectivity index (χ1v) is 10.9. The predicted octanol–water partition coefficient (Wildman–Crippen LogP) is 3.74. The van der Waals surface area contributed by atoms with Crippen LogP contribution in [0.4, 0.5) is 0 Å². The van der Waals surface area contributed by atoms with Crippen molar-refractivity contribution in [2.45, 2.75) is 42.9 Å². The lowest BCUT2D eigenvalue weighted by Gasteiger charge is -2.29. The van der Waals surface area contributed by atoms with Gasteiger partial charge in [0.1, 0.15) is 5.60 Å². The summed E-state index contributed by atoms with van der Waals surface area (Å²) in [7, 11) is -1.73. The maximum Gasteiger partial charge on any atom is 0.224 e. The van der Waals surface area contributed by atoms with Crippen LogP contribution in [0.5, 0.6) is 0 Å². The molecule has 0 radical (unpaired) electrons. The molecule has 5 nitrogen and oxygen atoms in total. The number of carbonyl (C=O) groups excluding carboxylic acids is 1. The van der Waals surface area contributed by atoms with Crippen molar-refractivity contribution in [3.05, 3.63) is 64.7 Å². The van der Waals surface area contributed by atoms with E-state index in [0.29, 0.717) is 5.02 Å². The highest BCUT2D eigenvalue weighted by Crippen LogP contribution is 2.26. The van der Waals surface area contributed by atoms with Crippen molar-refractivity contribution >= 4 is 27.3 Å². The van der Waals surface area contributed by atoms with Crippen LogP contribution >= 0.6 is 11.6 Å². The zero-order valence-electron chi connectivity index (χ0n) is 16.5. The van der Waals surface area contributed by atoms with E-state index >= 15 is 0 Å². The van der Waals surface area contributed by atoms with Crippen LogP contribution in [-0.2, 0) is 31.4 Å². The van der Waals surface area contributed by atoms with Gasteiger partial charge in [0.15, 0.2) is 9.84 Å². The minimum absolute atomic E-state index is 0.150. The van der Waals surface area contributed by atoms with Gasteiger partial charge in [-0.05, 0) is 56.2 Å². The molecule has 2 aromatic rings. The Kier molecular flexibility index (Phi) is 7.26. The Hall–Kier alpha value is -1.89. The standard InChI is InChI=1S/C21H26ClNO4S/c1-15(2)28(25,26)19-10-8-16(9-11-19)12-20(24)23-14-21(3,27-4)17-6-5-7-18(22)13-17/h5-11,13,15H,12,14H2,1-4H3,(H,23,24)/t21-/m0/s1. The molecule has 0 fully saturated rings. The number of carbonyl (C=O) groups is 1. The highest BCUT2D eigenvalue weighted by Gasteiger charge is 2.27. The fraction of sp³-hybridized carbons (Fsp3) is 0.381. The average Bonchev–Trinajstić information content (AvgIpc) is 2.66. The molecule has 0 saturated heterocycles. The molecule has 7 heteroatoms. The van der Waals surface area contributed by atoms with E-state index in [1.807, 2.05) is 25.1 Å². The predicted molar refractivity (Wildman–Crippen MR) is 111 cm³/mol. The number of rotatable bonds is 8. The lowest BCUT2D eigenvalue weighted by molar-refractivity contribution is -0.122. The van der Waals surface area contributed by atoms with Gasteiger partial charge >= 0.3 is 0 Å². The fourth-order valence-electron chi connectivity index (χ4n) is 2.69. The third-order valence-electron chi connectivity index (χ3n) is 4.75. The lowest BCUT2D eigenvalue weighted by Crippen LogP contribution is -2.40. The van der Waals surface area contributed by atoms with Crippen LogP contribution in [0.25, 0.3) is 0 Å². The van der Waals surface area contributed by atoms with Gasteiger partial charge in [-0.2, -0.15) is 0 Å². The van der Waals surface area contributed by atoms with Gasteiger partial charge in [-0.1, -0.05) is 35.9 Å². The largest absolute Gasteiger partial charge is 0.372 e. The Bertz CT molecular complexity index is 926. The molecule has 1 amide bonds. The SMILES string of the molecule is CO[C@@](C)(CNC(=O)Cc1ccc(S(=O)(=O)C(C)C)cc1)c1cccc(Cl)c1. The van der Waals surface area contributed by atoms with E-state index in [4.69, 9.17) is 16.3 Å². The molecule has 0 spiro atoms. The van der Waals surface area contributed by atoms with Gasteiger partial charge in [0.2, 0.25) is 5.91 Å². The van der Waals surface area contributed by atoms with Gasteiger partial charge < -0.3 is 10.1 Å². The van der Waals surface area contributed by atoms with Gasteiger partial charge in [-0.3, -0.25) is 4.79 Å². The van der Waals surface area contributed by atoms with Gasteiger partial charge in [0, 0.05) is 12.1 Å². The molecular formula is C21H26ClNO4S. The van der Waals surface area contributed by atoms with Crippen LogP contribution in [0.2, 0.25) is 5.02 Å². The monoisotopic (exact) mass is 423 g/mol.